The quantitative estimate of drug-likeness (QED) is 0.837. The molecule has 0 radical (unpaired) electrons. The number of pyridine rings is 1. The Morgan fingerprint density at radius 3 is 3.23 bits per heavy atom. The fourth-order valence-corrected chi connectivity index (χ4v) is 2.75. The predicted octanol–water partition coefficient (Wildman–Crippen LogP) is 1.38. The van der Waals surface area contributed by atoms with Crippen LogP contribution in [0.15, 0.2) is 36.9 Å². The molecule has 6 heteroatoms. The molecule has 1 aliphatic rings. The lowest BCUT2D eigenvalue weighted by Crippen LogP contribution is -2.37. The van der Waals surface area contributed by atoms with Gasteiger partial charge in [0.1, 0.15) is 11.6 Å². The number of rotatable bonds is 5. The Bertz CT molecular complexity index is 626. The fourth-order valence-electron chi connectivity index (χ4n) is 2.75. The van der Waals surface area contributed by atoms with Crippen LogP contribution in [-0.2, 0) is 17.8 Å². The van der Waals surface area contributed by atoms with E-state index in [1.54, 1.807) is 29.4 Å². The molecule has 0 aromatic carbocycles. The van der Waals surface area contributed by atoms with Crippen LogP contribution in [0.4, 0.5) is 0 Å². The lowest BCUT2D eigenvalue weighted by atomic mass is 9.97. The number of nitrogens with zero attached hydrogens (tertiary/aromatic N) is 4. The highest BCUT2D eigenvalue weighted by molar-refractivity contribution is 5.77. The number of likely N-dealkylation sites (N-methyl/N-ethyl adjacent to an activating group) is 1. The normalized spacial score (nSPS) is 16.9. The average Bonchev–Trinajstić information content (AvgIpc) is 3.01. The number of fused-ring (bicyclic) bond motifs is 1. The molecule has 3 heterocycles. The summed E-state index contributed by atoms with van der Waals surface area (Å²) in [5.74, 6) is 2.17. The maximum atomic E-state index is 12.1. The second kappa shape index (κ2) is 6.60. The minimum Gasteiger partial charge on any atom is -0.482 e. The molecule has 1 atom stereocenters. The van der Waals surface area contributed by atoms with Crippen molar-refractivity contribution >= 4 is 5.91 Å². The Labute approximate surface area is 129 Å². The molecule has 116 valence electrons. The summed E-state index contributed by atoms with van der Waals surface area (Å²) in [7, 11) is 1.83. The Morgan fingerprint density at radius 1 is 1.50 bits per heavy atom. The van der Waals surface area contributed by atoms with Crippen LogP contribution < -0.4 is 4.74 Å². The van der Waals surface area contributed by atoms with Gasteiger partial charge in [0.25, 0.3) is 5.91 Å². The SMILES string of the molecule is CN(C[C@H]1CCn2ccnc2C1)C(=O)COc1cccnc1. The van der Waals surface area contributed by atoms with E-state index < -0.39 is 0 Å². The van der Waals surface area contributed by atoms with E-state index in [-0.39, 0.29) is 12.5 Å². The molecule has 0 aliphatic carbocycles. The smallest absolute Gasteiger partial charge is 0.260 e. The standard InChI is InChI=1S/C16H20N4O2/c1-19(16(21)12-22-14-3-2-5-17-10-14)11-13-4-7-20-8-6-18-15(20)9-13/h2-3,5-6,8,10,13H,4,7,9,11-12H2,1H3/t13-/m0/s1. The van der Waals surface area contributed by atoms with Gasteiger partial charge in [-0.15, -0.1) is 0 Å². The summed E-state index contributed by atoms with van der Waals surface area (Å²) in [5, 5.41) is 0. The van der Waals surface area contributed by atoms with Gasteiger partial charge in [-0.1, -0.05) is 0 Å². The molecular formula is C16H20N4O2. The molecule has 3 rings (SSSR count). The molecule has 0 saturated carbocycles. The van der Waals surface area contributed by atoms with E-state index >= 15 is 0 Å². The van der Waals surface area contributed by atoms with Crippen LogP contribution in [0.2, 0.25) is 0 Å². The first kappa shape index (κ1) is 14.6. The molecule has 0 unspecified atom stereocenters. The number of imidazole rings is 1. The largest absolute Gasteiger partial charge is 0.482 e. The van der Waals surface area contributed by atoms with Gasteiger partial charge in [-0.25, -0.2) is 4.98 Å². The number of aromatic nitrogens is 3. The van der Waals surface area contributed by atoms with Crippen molar-refractivity contribution in [3.8, 4) is 5.75 Å². The highest BCUT2D eigenvalue weighted by atomic mass is 16.5. The number of hydrogen-bond donors (Lipinski definition) is 0. The van der Waals surface area contributed by atoms with Crippen LogP contribution in [0.25, 0.3) is 0 Å². The summed E-state index contributed by atoms with van der Waals surface area (Å²) in [4.78, 5) is 22.2. The van der Waals surface area contributed by atoms with Crippen LogP contribution in [0.1, 0.15) is 12.2 Å². The molecule has 0 bridgehead atoms. The molecule has 0 spiro atoms. The van der Waals surface area contributed by atoms with Crippen LogP contribution >= 0.6 is 0 Å². The van der Waals surface area contributed by atoms with Crippen molar-refractivity contribution in [3.05, 3.63) is 42.7 Å². The van der Waals surface area contributed by atoms with Crippen molar-refractivity contribution in [2.45, 2.75) is 19.4 Å². The maximum absolute atomic E-state index is 12.1. The third-order valence-electron chi connectivity index (χ3n) is 4.01. The molecule has 1 amide bonds. The number of carbonyl (C=O) groups is 1. The van der Waals surface area contributed by atoms with Crippen LogP contribution in [-0.4, -0.2) is 45.5 Å². The van der Waals surface area contributed by atoms with Crippen molar-refractivity contribution < 1.29 is 9.53 Å². The van der Waals surface area contributed by atoms with E-state index in [0.29, 0.717) is 11.7 Å². The van der Waals surface area contributed by atoms with Crippen LogP contribution in [0.5, 0.6) is 5.75 Å². The minimum atomic E-state index is -0.0160. The van der Waals surface area contributed by atoms with Gasteiger partial charge in [-0.2, -0.15) is 0 Å². The van der Waals surface area contributed by atoms with E-state index in [4.69, 9.17) is 4.74 Å². The summed E-state index contributed by atoms with van der Waals surface area (Å²) in [6.07, 6.45) is 9.14. The second-order valence-electron chi connectivity index (χ2n) is 5.65. The number of amides is 1. The Hall–Kier alpha value is -2.37. The van der Waals surface area contributed by atoms with E-state index in [9.17, 15) is 4.79 Å². The summed E-state index contributed by atoms with van der Waals surface area (Å²) >= 11 is 0. The van der Waals surface area contributed by atoms with Crippen molar-refractivity contribution in [1.29, 1.82) is 0 Å². The number of hydrogen-bond acceptors (Lipinski definition) is 4. The number of ether oxygens (including phenoxy) is 1. The lowest BCUT2D eigenvalue weighted by molar-refractivity contribution is -0.132. The molecule has 6 nitrogen and oxygen atoms in total. The third-order valence-corrected chi connectivity index (χ3v) is 4.01. The van der Waals surface area contributed by atoms with E-state index in [0.717, 1.165) is 31.8 Å². The van der Waals surface area contributed by atoms with E-state index in [1.165, 1.54) is 0 Å². The van der Waals surface area contributed by atoms with Gasteiger partial charge < -0.3 is 14.2 Å². The van der Waals surface area contributed by atoms with Crippen molar-refractivity contribution in [1.82, 2.24) is 19.4 Å². The maximum Gasteiger partial charge on any atom is 0.260 e. The third kappa shape index (κ3) is 3.44. The zero-order chi connectivity index (χ0) is 15.4. The Morgan fingerprint density at radius 2 is 2.41 bits per heavy atom. The van der Waals surface area contributed by atoms with Gasteiger partial charge >= 0.3 is 0 Å². The summed E-state index contributed by atoms with van der Waals surface area (Å²) in [6, 6.07) is 3.58. The van der Waals surface area contributed by atoms with Crippen LogP contribution in [0, 0.1) is 5.92 Å². The zero-order valence-electron chi connectivity index (χ0n) is 12.7. The number of aryl methyl sites for hydroxylation is 1. The molecular weight excluding hydrogens is 280 g/mol. The lowest BCUT2D eigenvalue weighted by Gasteiger charge is -2.27. The Balaban J connectivity index is 1.47. The molecule has 1 aliphatic heterocycles. The van der Waals surface area contributed by atoms with Gasteiger partial charge in [0.2, 0.25) is 0 Å². The van der Waals surface area contributed by atoms with Crippen molar-refractivity contribution in [3.63, 3.8) is 0 Å². The van der Waals surface area contributed by atoms with Crippen molar-refractivity contribution in [2.75, 3.05) is 20.2 Å². The van der Waals surface area contributed by atoms with E-state index in [2.05, 4.69) is 14.5 Å². The second-order valence-corrected chi connectivity index (χ2v) is 5.65. The van der Waals surface area contributed by atoms with Gasteiger partial charge in [-0.05, 0) is 24.5 Å². The molecule has 22 heavy (non-hydrogen) atoms. The Kier molecular flexibility index (Phi) is 4.37. The van der Waals surface area contributed by atoms with E-state index in [1.807, 2.05) is 19.4 Å². The molecule has 0 N–H and O–H groups in total. The summed E-state index contributed by atoms with van der Waals surface area (Å²) in [6.45, 7) is 1.76. The fraction of sp³-hybridized carbons (Fsp3) is 0.438. The summed E-state index contributed by atoms with van der Waals surface area (Å²) < 4.78 is 7.64. The molecule has 0 fully saturated rings. The predicted molar refractivity (Wildman–Crippen MR) is 81.4 cm³/mol. The minimum absolute atomic E-state index is 0.0160. The first-order valence-corrected chi connectivity index (χ1v) is 7.49. The van der Waals surface area contributed by atoms with Gasteiger partial charge in [0.05, 0.1) is 6.20 Å². The van der Waals surface area contributed by atoms with Gasteiger partial charge in [-0.3, -0.25) is 9.78 Å². The van der Waals surface area contributed by atoms with Crippen molar-refractivity contribution in [2.24, 2.45) is 5.92 Å². The number of carbonyl (C=O) groups excluding carboxylic acids is 1. The average molecular weight is 300 g/mol. The van der Waals surface area contributed by atoms with Crippen LogP contribution in [0.3, 0.4) is 0 Å². The summed E-state index contributed by atoms with van der Waals surface area (Å²) in [5.41, 5.74) is 0. The first-order valence-electron chi connectivity index (χ1n) is 7.49. The first-order chi connectivity index (χ1) is 10.7. The molecule has 2 aromatic rings. The zero-order valence-corrected chi connectivity index (χ0v) is 12.7. The highest BCUT2D eigenvalue weighted by Gasteiger charge is 2.22. The highest BCUT2D eigenvalue weighted by Crippen LogP contribution is 2.19. The monoisotopic (exact) mass is 300 g/mol. The molecule has 0 saturated heterocycles. The van der Waals surface area contributed by atoms with Gasteiger partial charge in [0, 0.05) is 45.1 Å². The topological polar surface area (TPSA) is 60.2 Å². The van der Waals surface area contributed by atoms with Gasteiger partial charge in [0.15, 0.2) is 6.61 Å². The molecule has 2 aromatic heterocycles.